The van der Waals surface area contributed by atoms with Crippen LogP contribution in [0.5, 0.6) is 0 Å². The Bertz CT molecular complexity index is 436. The predicted octanol–water partition coefficient (Wildman–Crippen LogP) is 3.32. The van der Waals surface area contributed by atoms with E-state index in [0.29, 0.717) is 16.3 Å². The largest absolute Gasteiger partial charge is 0.347 e. The topological polar surface area (TPSA) is 67.2 Å². The lowest BCUT2D eigenvalue weighted by Crippen LogP contribution is -2.47. The summed E-state index contributed by atoms with van der Waals surface area (Å²) in [5.74, 6) is 5.27. The van der Waals surface area contributed by atoms with E-state index in [-0.39, 0.29) is 11.4 Å². The molecular weight excluding hydrogens is 262 g/mol. The maximum Gasteiger partial charge on any atom is 0.253 e. The number of amides is 1. The van der Waals surface area contributed by atoms with Crippen LogP contribution in [0.25, 0.3) is 0 Å². The molecule has 4 nitrogen and oxygen atoms in total. The van der Waals surface area contributed by atoms with Crippen LogP contribution in [0, 0.1) is 0 Å². The third kappa shape index (κ3) is 3.61. The Morgan fingerprint density at radius 3 is 2.32 bits per heavy atom. The fraction of sp³-hybridized carbons (Fsp3) is 0.500. The summed E-state index contributed by atoms with van der Waals surface area (Å²) in [4.78, 5) is 12.4. The van der Waals surface area contributed by atoms with E-state index < -0.39 is 0 Å². The summed E-state index contributed by atoms with van der Waals surface area (Å²) in [6.07, 6.45) is 2.66. The van der Waals surface area contributed by atoms with Crippen LogP contribution in [0.1, 0.15) is 50.4 Å². The van der Waals surface area contributed by atoms with Crippen LogP contribution in [0.2, 0.25) is 5.02 Å². The summed E-state index contributed by atoms with van der Waals surface area (Å²) in [5.41, 5.74) is 3.38. The van der Waals surface area contributed by atoms with E-state index in [9.17, 15) is 4.79 Å². The van der Waals surface area contributed by atoms with Crippen molar-refractivity contribution in [3.8, 4) is 0 Å². The van der Waals surface area contributed by atoms with Crippen molar-refractivity contribution in [3.63, 3.8) is 0 Å². The summed E-state index contributed by atoms with van der Waals surface area (Å²) < 4.78 is 0. The zero-order valence-electron chi connectivity index (χ0n) is 11.7. The maximum atomic E-state index is 12.4. The summed E-state index contributed by atoms with van der Waals surface area (Å²) in [6, 6.07) is 5.01. The summed E-state index contributed by atoms with van der Waals surface area (Å²) in [7, 11) is 0. The van der Waals surface area contributed by atoms with Gasteiger partial charge in [-0.3, -0.25) is 10.6 Å². The highest BCUT2D eigenvalue weighted by atomic mass is 35.5. The molecule has 0 aliphatic carbocycles. The molecule has 0 aromatic heterocycles. The highest BCUT2D eigenvalue weighted by molar-refractivity contribution is 6.31. The van der Waals surface area contributed by atoms with Gasteiger partial charge in [0.15, 0.2) is 0 Å². The average Bonchev–Trinajstić information content (AvgIpc) is 2.44. The Balaban J connectivity index is 3.03. The first-order valence-corrected chi connectivity index (χ1v) is 6.98. The van der Waals surface area contributed by atoms with E-state index in [1.54, 1.807) is 18.2 Å². The molecule has 0 aliphatic heterocycles. The third-order valence-electron chi connectivity index (χ3n) is 3.79. The number of carbonyl (C=O) groups is 1. The monoisotopic (exact) mass is 283 g/mol. The summed E-state index contributed by atoms with van der Waals surface area (Å²) in [5, 5.41) is 3.62. The minimum absolute atomic E-state index is 0.152. The van der Waals surface area contributed by atoms with Gasteiger partial charge in [0.1, 0.15) is 0 Å². The first-order chi connectivity index (χ1) is 9.01. The number of anilines is 1. The average molecular weight is 284 g/mol. The number of halogens is 1. The molecule has 0 atom stereocenters. The fourth-order valence-corrected chi connectivity index (χ4v) is 2.33. The van der Waals surface area contributed by atoms with Gasteiger partial charge in [-0.1, -0.05) is 32.4 Å². The van der Waals surface area contributed by atoms with Crippen LogP contribution >= 0.6 is 11.6 Å². The molecule has 1 aromatic rings. The van der Waals surface area contributed by atoms with E-state index in [4.69, 9.17) is 17.4 Å². The molecule has 106 valence electrons. The van der Waals surface area contributed by atoms with E-state index >= 15 is 0 Å². The number of hydrazine groups is 1. The van der Waals surface area contributed by atoms with Crippen molar-refractivity contribution in [1.82, 2.24) is 5.32 Å². The second-order valence-electron chi connectivity index (χ2n) is 4.63. The number of nitrogen functional groups attached to an aromatic ring is 1. The molecule has 1 rings (SSSR count). The molecular formula is C14H22ClN3O. The SMILES string of the molecule is CCC(CC)(CC)NC(=O)c1cc(Cl)ccc1NN. The Labute approximate surface area is 119 Å². The minimum Gasteiger partial charge on any atom is -0.347 e. The van der Waals surface area contributed by atoms with Crippen molar-refractivity contribution < 1.29 is 4.79 Å². The van der Waals surface area contributed by atoms with Gasteiger partial charge < -0.3 is 10.7 Å². The zero-order chi connectivity index (χ0) is 14.5. The molecule has 4 N–H and O–H groups in total. The van der Waals surface area contributed by atoms with Gasteiger partial charge in [-0.05, 0) is 37.5 Å². The summed E-state index contributed by atoms with van der Waals surface area (Å²) >= 11 is 5.94. The predicted molar refractivity (Wildman–Crippen MR) is 80.3 cm³/mol. The second-order valence-corrected chi connectivity index (χ2v) is 5.07. The molecule has 0 saturated carbocycles. The fourth-order valence-electron chi connectivity index (χ4n) is 2.15. The molecule has 0 fully saturated rings. The van der Waals surface area contributed by atoms with Crippen LogP contribution in [0.4, 0.5) is 5.69 Å². The van der Waals surface area contributed by atoms with E-state index in [2.05, 4.69) is 31.5 Å². The van der Waals surface area contributed by atoms with Gasteiger partial charge in [0.2, 0.25) is 0 Å². The van der Waals surface area contributed by atoms with Gasteiger partial charge in [0.05, 0.1) is 11.3 Å². The van der Waals surface area contributed by atoms with E-state index in [1.165, 1.54) is 0 Å². The molecule has 19 heavy (non-hydrogen) atoms. The normalized spacial score (nSPS) is 11.2. The van der Waals surface area contributed by atoms with Crippen LogP contribution in [0.3, 0.4) is 0 Å². The Kier molecular flexibility index (Phi) is 5.63. The van der Waals surface area contributed by atoms with Gasteiger partial charge in [-0.25, -0.2) is 0 Å². The van der Waals surface area contributed by atoms with Crippen LogP contribution in [0.15, 0.2) is 18.2 Å². The third-order valence-corrected chi connectivity index (χ3v) is 4.03. The molecule has 0 radical (unpaired) electrons. The molecule has 1 amide bonds. The maximum absolute atomic E-state index is 12.4. The molecule has 0 bridgehead atoms. The lowest BCUT2D eigenvalue weighted by atomic mass is 9.89. The quantitative estimate of drug-likeness (QED) is 0.554. The summed E-state index contributed by atoms with van der Waals surface area (Å²) in [6.45, 7) is 6.23. The van der Waals surface area contributed by atoms with Crippen molar-refractivity contribution >= 4 is 23.2 Å². The van der Waals surface area contributed by atoms with Crippen molar-refractivity contribution in [1.29, 1.82) is 0 Å². The van der Waals surface area contributed by atoms with Gasteiger partial charge >= 0.3 is 0 Å². The second kappa shape index (κ2) is 6.78. The van der Waals surface area contributed by atoms with E-state index in [1.807, 2.05) is 0 Å². The number of hydrogen-bond acceptors (Lipinski definition) is 3. The number of nitrogens with one attached hydrogen (secondary N) is 2. The van der Waals surface area contributed by atoms with Crippen molar-refractivity contribution in [2.45, 2.75) is 45.6 Å². The molecule has 5 heteroatoms. The Morgan fingerprint density at radius 2 is 1.84 bits per heavy atom. The van der Waals surface area contributed by atoms with Gasteiger partial charge in [-0.2, -0.15) is 0 Å². The van der Waals surface area contributed by atoms with Crippen molar-refractivity contribution in [2.75, 3.05) is 5.43 Å². The minimum atomic E-state index is -0.175. The lowest BCUT2D eigenvalue weighted by Gasteiger charge is -2.32. The molecule has 0 unspecified atom stereocenters. The van der Waals surface area contributed by atoms with Gasteiger partial charge in [-0.15, -0.1) is 0 Å². The Morgan fingerprint density at radius 1 is 1.26 bits per heavy atom. The standard InChI is InChI=1S/C14H22ClN3O/c1-4-14(5-2,6-3)17-13(19)11-9-10(15)7-8-12(11)18-16/h7-9,18H,4-6,16H2,1-3H3,(H,17,19). The van der Waals surface area contributed by atoms with Gasteiger partial charge in [0, 0.05) is 10.6 Å². The van der Waals surface area contributed by atoms with Crippen LogP contribution in [-0.4, -0.2) is 11.4 Å². The molecule has 1 aromatic carbocycles. The number of rotatable bonds is 6. The smallest absolute Gasteiger partial charge is 0.253 e. The number of carbonyl (C=O) groups excluding carboxylic acids is 1. The molecule has 0 spiro atoms. The van der Waals surface area contributed by atoms with Crippen molar-refractivity contribution in [2.24, 2.45) is 5.84 Å². The molecule has 0 aliphatic rings. The number of benzene rings is 1. The zero-order valence-corrected chi connectivity index (χ0v) is 12.5. The van der Waals surface area contributed by atoms with Crippen molar-refractivity contribution in [3.05, 3.63) is 28.8 Å². The Hall–Kier alpha value is -1.26. The molecule has 0 heterocycles. The first-order valence-electron chi connectivity index (χ1n) is 6.60. The first kappa shape index (κ1) is 15.8. The highest BCUT2D eigenvalue weighted by Crippen LogP contribution is 2.24. The number of hydrogen-bond donors (Lipinski definition) is 3. The number of nitrogens with two attached hydrogens (primary N) is 1. The van der Waals surface area contributed by atoms with E-state index in [0.717, 1.165) is 19.3 Å². The molecule has 0 saturated heterocycles. The van der Waals surface area contributed by atoms with Crippen LogP contribution in [-0.2, 0) is 0 Å². The highest BCUT2D eigenvalue weighted by Gasteiger charge is 2.27. The van der Waals surface area contributed by atoms with Crippen LogP contribution < -0.4 is 16.6 Å². The lowest BCUT2D eigenvalue weighted by molar-refractivity contribution is 0.0889. The van der Waals surface area contributed by atoms with Gasteiger partial charge in [0.25, 0.3) is 5.91 Å².